The number of benzene rings is 2. The summed E-state index contributed by atoms with van der Waals surface area (Å²) in [6.45, 7) is 0. The molecular weight excluding hydrogens is 294 g/mol. The summed E-state index contributed by atoms with van der Waals surface area (Å²) in [5.41, 5.74) is 2.73. The molecule has 0 aromatic heterocycles. The van der Waals surface area contributed by atoms with E-state index >= 15 is 0 Å². The van der Waals surface area contributed by atoms with Crippen LogP contribution in [0.4, 0.5) is 0 Å². The van der Waals surface area contributed by atoms with Crippen molar-refractivity contribution < 1.29 is 8.42 Å². The van der Waals surface area contributed by atoms with Gasteiger partial charge in [0.1, 0.15) is 0 Å². The van der Waals surface area contributed by atoms with Crippen molar-refractivity contribution in [3.05, 3.63) is 83.4 Å². The molecule has 0 aliphatic carbocycles. The minimum absolute atomic E-state index is 0.709. The summed E-state index contributed by atoms with van der Waals surface area (Å²) in [5, 5.41) is 0. The summed E-state index contributed by atoms with van der Waals surface area (Å²) in [6, 6.07) is 19.5. The summed E-state index contributed by atoms with van der Waals surface area (Å²) in [5.74, 6) is 0. The van der Waals surface area contributed by atoms with Crippen molar-refractivity contribution in [3.63, 3.8) is 0 Å². The van der Waals surface area contributed by atoms with E-state index in [4.69, 9.17) is 0 Å². The number of hydrogen-bond acceptors (Lipinski definition) is 2. The first kappa shape index (κ1) is 15.9. The van der Waals surface area contributed by atoms with E-state index in [9.17, 15) is 8.42 Å². The number of allylic oxidation sites excluding steroid dienone is 2. The van der Waals surface area contributed by atoms with Crippen LogP contribution in [0.1, 0.15) is 11.1 Å². The second-order valence-corrected chi connectivity index (χ2v) is 6.44. The van der Waals surface area contributed by atoms with Gasteiger partial charge in [-0.05, 0) is 22.8 Å². The Hall–Kier alpha value is -2.46. The maximum Gasteiger partial charge on any atom is 0.250 e. The van der Waals surface area contributed by atoms with E-state index in [1.54, 1.807) is 0 Å². The number of rotatable bonds is 5. The van der Waals surface area contributed by atoms with E-state index in [0.717, 1.165) is 17.4 Å². The largest absolute Gasteiger partial charge is 0.250 e. The zero-order chi connectivity index (χ0) is 15.8. The van der Waals surface area contributed by atoms with E-state index in [1.165, 1.54) is 6.21 Å². The minimum Gasteiger partial charge on any atom is -0.205 e. The Morgan fingerprint density at radius 1 is 0.909 bits per heavy atom. The molecule has 0 saturated heterocycles. The van der Waals surface area contributed by atoms with E-state index in [0.29, 0.717) is 5.57 Å². The van der Waals surface area contributed by atoms with Crippen LogP contribution in [-0.2, 0) is 10.0 Å². The summed E-state index contributed by atoms with van der Waals surface area (Å²) < 4.78 is 26.0. The van der Waals surface area contributed by atoms with Crippen molar-refractivity contribution in [2.75, 3.05) is 6.26 Å². The second-order valence-electron chi connectivity index (χ2n) is 4.77. The molecule has 0 saturated carbocycles. The van der Waals surface area contributed by atoms with E-state index in [-0.39, 0.29) is 0 Å². The van der Waals surface area contributed by atoms with E-state index < -0.39 is 10.0 Å². The maximum atomic E-state index is 11.2. The molecule has 0 aliphatic heterocycles. The molecule has 0 spiro atoms. The first-order valence-corrected chi connectivity index (χ1v) is 8.63. The van der Waals surface area contributed by atoms with Gasteiger partial charge in [-0.1, -0.05) is 72.8 Å². The summed E-state index contributed by atoms with van der Waals surface area (Å²) >= 11 is 0. The van der Waals surface area contributed by atoms with Gasteiger partial charge >= 0.3 is 0 Å². The first-order valence-electron chi connectivity index (χ1n) is 6.78. The Bertz CT molecular complexity index is 789. The van der Waals surface area contributed by atoms with Crippen LogP contribution in [0.15, 0.2) is 76.7 Å². The van der Waals surface area contributed by atoms with Gasteiger partial charge < -0.3 is 0 Å². The highest BCUT2D eigenvalue weighted by Gasteiger charge is 1.96. The van der Waals surface area contributed by atoms with Crippen molar-refractivity contribution in [1.29, 1.82) is 0 Å². The van der Waals surface area contributed by atoms with Crippen LogP contribution < -0.4 is 0 Å². The van der Waals surface area contributed by atoms with Crippen LogP contribution in [-0.4, -0.2) is 20.9 Å². The van der Waals surface area contributed by atoms with Crippen LogP contribution in [0, 0.1) is 0 Å². The third kappa shape index (κ3) is 5.89. The predicted octanol–water partition coefficient (Wildman–Crippen LogP) is 3.81. The van der Waals surface area contributed by atoms with Crippen molar-refractivity contribution in [3.8, 4) is 0 Å². The maximum absolute atomic E-state index is 11.2. The molecular formula is C18H17NO2S. The van der Waals surface area contributed by atoms with Gasteiger partial charge in [0.15, 0.2) is 0 Å². The van der Waals surface area contributed by atoms with Gasteiger partial charge in [0.05, 0.1) is 6.26 Å². The molecule has 0 bridgehead atoms. The molecule has 2 aromatic rings. The molecule has 4 heteroatoms. The second kappa shape index (κ2) is 7.52. The lowest BCUT2D eigenvalue weighted by atomic mass is 10.1. The Morgan fingerprint density at radius 3 is 2.00 bits per heavy atom. The van der Waals surface area contributed by atoms with E-state index in [2.05, 4.69) is 4.40 Å². The fourth-order valence-electron chi connectivity index (χ4n) is 1.78. The SMILES string of the molecule is CS(=O)(=O)/N=C/C(=C\c1ccccc1)/C=C/c1ccccc1. The monoisotopic (exact) mass is 311 g/mol. The van der Waals surface area contributed by atoms with Gasteiger partial charge in [-0.2, -0.15) is 4.40 Å². The molecule has 2 aromatic carbocycles. The molecule has 22 heavy (non-hydrogen) atoms. The Balaban J connectivity index is 2.32. The van der Waals surface area contributed by atoms with E-state index in [1.807, 2.05) is 78.9 Å². The first-order chi connectivity index (χ1) is 10.5. The highest BCUT2D eigenvalue weighted by atomic mass is 32.2. The lowest BCUT2D eigenvalue weighted by Gasteiger charge is -1.97. The lowest BCUT2D eigenvalue weighted by molar-refractivity contribution is 0.604. The average Bonchev–Trinajstić information content (AvgIpc) is 2.51. The third-order valence-corrected chi connectivity index (χ3v) is 3.28. The Labute approximate surface area is 131 Å². The molecule has 3 nitrogen and oxygen atoms in total. The summed E-state index contributed by atoms with van der Waals surface area (Å²) in [4.78, 5) is 0. The fourth-order valence-corrected chi connectivity index (χ4v) is 2.10. The summed E-state index contributed by atoms with van der Waals surface area (Å²) in [6.07, 6.45) is 8.08. The summed E-state index contributed by atoms with van der Waals surface area (Å²) in [7, 11) is -3.40. The van der Waals surface area contributed by atoms with Gasteiger partial charge in [0.25, 0.3) is 0 Å². The molecule has 0 heterocycles. The van der Waals surface area contributed by atoms with Crippen LogP contribution in [0.5, 0.6) is 0 Å². The Kier molecular flexibility index (Phi) is 5.44. The van der Waals surface area contributed by atoms with Gasteiger partial charge in [-0.15, -0.1) is 0 Å². The zero-order valence-electron chi connectivity index (χ0n) is 12.3. The molecule has 0 atom stereocenters. The molecule has 0 radical (unpaired) electrons. The molecule has 0 amide bonds. The molecule has 0 unspecified atom stereocenters. The average molecular weight is 311 g/mol. The van der Waals surface area contributed by atoms with Gasteiger partial charge in [0.2, 0.25) is 10.0 Å². The number of sulfonamides is 1. The third-order valence-electron chi connectivity index (χ3n) is 2.79. The molecule has 0 N–H and O–H groups in total. The normalized spacial score (nSPS) is 13.0. The Morgan fingerprint density at radius 2 is 1.45 bits per heavy atom. The highest BCUT2D eigenvalue weighted by Crippen LogP contribution is 2.09. The van der Waals surface area contributed by atoms with Gasteiger partial charge in [-0.3, -0.25) is 0 Å². The van der Waals surface area contributed by atoms with Crippen LogP contribution in [0.3, 0.4) is 0 Å². The quantitative estimate of drug-likeness (QED) is 0.622. The van der Waals surface area contributed by atoms with Gasteiger partial charge in [-0.25, -0.2) is 8.42 Å². The van der Waals surface area contributed by atoms with Gasteiger partial charge in [0, 0.05) is 6.21 Å². The van der Waals surface area contributed by atoms with Crippen LogP contribution in [0.2, 0.25) is 0 Å². The molecule has 112 valence electrons. The molecule has 2 rings (SSSR count). The highest BCUT2D eigenvalue weighted by molar-refractivity contribution is 7.89. The lowest BCUT2D eigenvalue weighted by Crippen LogP contribution is -1.92. The predicted molar refractivity (Wildman–Crippen MR) is 93.2 cm³/mol. The van der Waals surface area contributed by atoms with Crippen LogP contribution >= 0.6 is 0 Å². The van der Waals surface area contributed by atoms with Crippen molar-refractivity contribution in [2.24, 2.45) is 4.40 Å². The standard InChI is InChI=1S/C18H17NO2S/c1-22(20,21)19-15-18(14-17-10-6-3-7-11-17)13-12-16-8-4-2-5-9-16/h2-15H,1H3/b13-12+,18-14-,19-15+. The van der Waals surface area contributed by atoms with Crippen molar-refractivity contribution >= 4 is 28.4 Å². The molecule has 0 fully saturated rings. The number of nitrogens with zero attached hydrogens (tertiary/aromatic N) is 1. The minimum atomic E-state index is -3.40. The number of hydrogen-bond donors (Lipinski definition) is 0. The fraction of sp³-hybridized carbons (Fsp3) is 0.0556. The topological polar surface area (TPSA) is 46.5 Å². The van der Waals surface area contributed by atoms with Crippen molar-refractivity contribution in [1.82, 2.24) is 0 Å². The zero-order valence-corrected chi connectivity index (χ0v) is 13.1. The van der Waals surface area contributed by atoms with Crippen LogP contribution in [0.25, 0.3) is 12.2 Å². The van der Waals surface area contributed by atoms with Crippen molar-refractivity contribution in [2.45, 2.75) is 0 Å². The molecule has 0 aliphatic rings. The smallest absolute Gasteiger partial charge is 0.205 e.